The second-order valence-corrected chi connectivity index (χ2v) is 3.50. The van der Waals surface area contributed by atoms with E-state index in [9.17, 15) is 9.28 Å². The molecule has 4 heteroatoms. The SMILES string of the molecule is O=C1c2cc3ccccc3nc2CN1F. The largest absolute Gasteiger partial charge is 0.283 e. The molecule has 0 N–H and O–H groups in total. The van der Waals surface area contributed by atoms with Crippen molar-refractivity contribution >= 4 is 16.8 Å². The highest BCUT2D eigenvalue weighted by atomic mass is 19.2. The topological polar surface area (TPSA) is 33.2 Å². The number of aromatic nitrogens is 1. The Balaban J connectivity index is 2.32. The van der Waals surface area contributed by atoms with Gasteiger partial charge in [0.05, 0.1) is 23.3 Å². The first kappa shape index (κ1) is 8.35. The number of hydrogen-bond acceptors (Lipinski definition) is 2. The zero-order valence-corrected chi connectivity index (χ0v) is 7.77. The van der Waals surface area contributed by atoms with Crippen molar-refractivity contribution < 1.29 is 9.28 Å². The van der Waals surface area contributed by atoms with Gasteiger partial charge in [0.2, 0.25) is 0 Å². The Labute approximate surface area is 85.1 Å². The lowest BCUT2D eigenvalue weighted by molar-refractivity contribution is 0.0217. The average molecular weight is 202 g/mol. The van der Waals surface area contributed by atoms with E-state index in [0.29, 0.717) is 11.3 Å². The molecule has 0 bridgehead atoms. The van der Waals surface area contributed by atoms with Crippen LogP contribution in [0.4, 0.5) is 4.48 Å². The van der Waals surface area contributed by atoms with Crippen LogP contribution < -0.4 is 0 Å². The van der Waals surface area contributed by atoms with Crippen LogP contribution in [0.5, 0.6) is 0 Å². The van der Waals surface area contributed by atoms with E-state index >= 15 is 0 Å². The Morgan fingerprint density at radius 1 is 1.33 bits per heavy atom. The summed E-state index contributed by atoms with van der Waals surface area (Å²) in [5.41, 5.74) is 1.68. The predicted octanol–water partition coefficient (Wildman–Crippen LogP) is 2.08. The van der Waals surface area contributed by atoms with Gasteiger partial charge in [0, 0.05) is 5.39 Å². The molecular formula is C11H7FN2O. The van der Waals surface area contributed by atoms with E-state index in [-0.39, 0.29) is 11.7 Å². The van der Waals surface area contributed by atoms with Crippen molar-refractivity contribution in [2.45, 2.75) is 6.54 Å². The summed E-state index contributed by atoms with van der Waals surface area (Å²) in [6.45, 7) is -0.0427. The number of para-hydroxylation sites is 1. The Morgan fingerprint density at radius 2 is 2.13 bits per heavy atom. The molecule has 1 aromatic heterocycles. The minimum absolute atomic E-state index is 0.0427. The van der Waals surface area contributed by atoms with Crippen LogP contribution in [0.2, 0.25) is 0 Å². The van der Waals surface area contributed by atoms with Gasteiger partial charge >= 0.3 is 0 Å². The third-order valence-electron chi connectivity index (χ3n) is 2.54. The van der Waals surface area contributed by atoms with Crippen LogP contribution in [-0.4, -0.2) is 16.0 Å². The summed E-state index contributed by atoms with van der Waals surface area (Å²) in [4.78, 5) is 15.6. The normalized spacial score (nSPS) is 14.7. The molecular weight excluding hydrogens is 195 g/mol. The first-order valence-corrected chi connectivity index (χ1v) is 4.62. The van der Waals surface area contributed by atoms with Gasteiger partial charge in [-0.3, -0.25) is 4.79 Å². The van der Waals surface area contributed by atoms with Gasteiger partial charge in [-0.25, -0.2) is 4.98 Å². The van der Waals surface area contributed by atoms with Crippen molar-refractivity contribution in [2.24, 2.45) is 0 Å². The molecule has 0 spiro atoms. The van der Waals surface area contributed by atoms with E-state index in [0.717, 1.165) is 10.9 Å². The van der Waals surface area contributed by atoms with Gasteiger partial charge in [0.15, 0.2) is 0 Å². The van der Waals surface area contributed by atoms with Gasteiger partial charge in [0.25, 0.3) is 5.91 Å². The highest BCUT2D eigenvalue weighted by molar-refractivity contribution is 6.00. The summed E-state index contributed by atoms with van der Waals surface area (Å²) in [6, 6.07) is 9.13. The average Bonchev–Trinajstić information content (AvgIpc) is 2.52. The molecule has 0 radical (unpaired) electrons. The molecule has 0 saturated carbocycles. The highest BCUT2D eigenvalue weighted by Crippen LogP contribution is 2.24. The molecule has 3 rings (SSSR count). The zero-order chi connectivity index (χ0) is 10.4. The number of carbonyl (C=O) groups excluding carboxylic acids is 1. The maximum absolute atomic E-state index is 13.0. The number of rotatable bonds is 0. The van der Waals surface area contributed by atoms with Crippen LogP contribution in [0.3, 0.4) is 0 Å². The van der Waals surface area contributed by atoms with Gasteiger partial charge in [-0.2, -0.15) is 5.12 Å². The molecule has 15 heavy (non-hydrogen) atoms. The number of pyridine rings is 1. The monoisotopic (exact) mass is 202 g/mol. The molecule has 3 nitrogen and oxygen atoms in total. The molecule has 1 amide bonds. The summed E-state index contributed by atoms with van der Waals surface area (Å²) < 4.78 is 13.0. The minimum atomic E-state index is -0.594. The van der Waals surface area contributed by atoms with Gasteiger partial charge < -0.3 is 0 Å². The van der Waals surface area contributed by atoms with E-state index in [1.54, 1.807) is 6.07 Å². The first-order valence-electron chi connectivity index (χ1n) is 4.62. The number of benzene rings is 1. The second-order valence-electron chi connectivity index (χ2n) is 3.50. The summed E-state index contributed by atoms with van der Waals surface area (Å²) in [5, 5.41) is 1.05. The van der Waals surface area contributed by atoms with E-state index < -0.39 is 5.91 Å². The van der Waals surface area contributed by atoms with Gasteiger partial charge in [-0.15, -0.1) is 0 Å². The fourth-order valence-electron chi connectivity index (χ4n) is 1.80. The smallest absolute Gasteiger partial charge is 0.266 e. The van der Waals surface area contributed by atoms with E-state index in [1.165, 1.54) is 0 Å². The number of halogens is 1. The summed E-state index contributed by atoms with van der Waals surface area (Å²) in [6.07, 6.45) is 0. The lowest BCUT2D eigenvalue weighted by Gasteiger charge is -1.98. The molecule has 0 atom stereocenters. The van der Waals surface area contributed by atoms with Crippen molar-refractivity contribution in [1.29, 1.82) is 0 Å². The summed E-state index contributed by atoms with van der Waals surface area (Å²) >= 11 is 0. The molecule has 1 aliphatic rings. The van der Waals surface area contributed by atoms with Gasteiger partial charge in [-0.05, 0) is 12.1 Å². The number of carbonyl (C=O) groups is 1. The van der Waals surface area contributed by atoms with Crippen LogP contribution >= 0.6 is 0 Å². The van der Waals surface area contributed by atoms with E-state index in [2.05, 4.69) is 4.98 Å². The van der Waals surface area contributed by atoms with Crippen molar-refractivity contribution in [3.05, 3.63) is 41.6 Å². The summed E-state index contributed by atoms with van der Waals surface area (Å²) in [5.74, 6) is -0.594. The molecule has 2 heterocycles. The number of nitrogens with zero attached hydrogens (tertiary/aromatic N) is 2. The molecule has 74 valence electrons. The highest BCUT2D eigenvalue weighted by Gasteiger charge is 2.29. The fraction of sp³-hybridized carbons (Fsp3) is 0.0909. The number of amides is 1. The van der Waals surface area contributed by atoms with E-state index in [4.69, 9.17) is 0 Å². The lowest BCUT2D eigenvalue weighted by atomic mass is 10.1. The van der Waals surface area contributed by atoms with Gasteiger partial charge in [-0.1, -0.05) is 22.7 Å². The Morgan fingerprint density at radius 3 is 3.00 bits per heavy atom. The van der Waals surface area contributed by atoms with Crippen LogP contribution in [0.1, 0.15) is 16.1 Å². The van der Waals surface area contributed by atoms with Crippen molar-refractivity contribution in [2.75, 3.05) is 0 Å². The van der Waals surface area contributed by atoms with E-state index in [1.807, 2.05) is 24.3 Å². The van der Waals surface area contributed by atoms with Crippen LogP contribution in [0.15, 0.2) is 30.3 Å². The molecule has 1 aromatic carbocycles. The lowest BCUT2D eigenvalue weighted by Crippen LogP contribution is -2.12. The minimum Gasteiger partial charge on any atom is -0.266 e. The molecule has 0 saturated heterocycles. The standard InChI is InChI=1S/C11H7FN2O/c12-14-6-10-8(11(14)15)5-7-3-1-2-4-9(7)13-10/h1-5H,6H2. The second kappa shape index (κ2) is 2.76. The number of fused-ring (bicyclic) bond motifs is 2. The molecule has 2 aromatic rings. The third-order valence-corrected chi connectivity index (χ3v) is 2.54. The van der Waals surface area contributed by atoms with Crippen LogP contribution in [-0.2, 0) is 6.54 Å². The Kier molecular flexibility index (Phi) is 1.54. The molecule has 1 aliphatic heterocycles. The van der Waals surface area contributed by atoms with Gasteiger partial charge in [0.1, 0.15) is 0 Å². The first-order chi connectivity index (χ1) is 7.25. The third kappa shape index (κ3) is 1.11. The Hall–Kier alpha value is -1.97. The zero-order valence-electron chi connectivity index (χ0n) is 7.77. The quantitative estimate of drug-likeness (QED) is 0.613. The molecule has 0 unspecified atom stereocenters. The number of hydrogen-bond donors (Lipinski definition) is 0. The Bertz CT molecular complexity index is 568. The molecule has 0 aliphatic carbocycles. The van der Waals surface area contributed by atoms with Crippen LogP contribution in [0.25, 0.3) is 10.9 Å². The van der Waals surface area contributed by atoms with Crippen LogP contribution in [0, 0.1) is 0 Å². The predicted molar refractivity (Wildman–Crippen MR) is 52.7 cm³/mol. The van der Waals surface area contributed by atoms with Crippen molar-refractivity contribution in [1.82, 2.24) is 10.1 Å². The molecule has 0 fully saturated rings. The summed E-state index contributed by atoms with van der Waals surface area (Å²) in [7, 11) is 0. The maximum Gasteiger partial charge on any atom is 0.283 e. The fourth-order valence-corrected chi connectivity index (χ4v) is 1.80. The van der Waals surface area contributed by atoms with Crippen molar-refractivity contribution in [3.63, 3.8) is 0 Å². The maximum atomic E-state index is 13.0. The van der Waals surface area contributed by atoms with Crippen molar-refractivity contribution in [3.8, 4) is 0 Å².